The summed E-state index contributed by atoms with van der Waals surface area (Å²) in [5.74, 6) is 0. The Morgan fingerprint density at radius 3 is 2.44 bits per heavy atom. The van der Waals surface area contributed by atoms with Crippen LogP contribution >= 0.6 is 22.6 Å². The third-order valence-corrected chi connectivity index (χ3v) is 3.36. The van der Waals surface area contributed by atoms with Gasteiger partial charge in [-0.3, -0.25) is 0 Å². The molecule has 1 aliphatic heterocycles. The molecule has 3 rings (SSSR count). The molecule has 1 N–H and O–H groups in total. The van der Waals surface area contributed by atoms with Crippen molar-refractivity contribution < 1.29 is 0 Å². The molecule has 0 aromatic heterocycles. The molecule has 3 heteroatoms. The van der Waals surface area contributed by atoms with Crippen molar-refractivity contribution in [3.63, 3.8) is 0 Å². The summed E-state index contributed by atoms with van der Waals surface area (Å²) in [7, 11) is 0. The van der Waals surface area contributed by atoms with Crippen molar-refractivity contribution in [1.29, 1.82) is 0 Å². The summed E-state index contributed by atoms with van der Waals surface area (Å²) in [5.41, 5.74) is 4.31. The first-order valence-electron chi connectivity index (χ1n) is 5.04. The standard InChI is InChI=1S/C13H9IN2/c14-13-9-5-1-2-6-10(9)15-11-7-3-4-8-12(11)16-13/h1-8,15H. The van der Waals surface area contributed by atoms with Gasteiger partial charge in [0.2, 0.25) is 0 Å². The van der Waals surface area contributed by atoms with Crippen LogP contribution in [0.2, 0.25) is 0 Å². The second-order valence-electron chi connectivity index (χ2n) is 3.59. The van der Waals surface area contributed by atoms with Gasteiger partial charge in [0.1, 0.15) is 3.72 Å². The summed E-state index contributed by atoms with van der Waals surface area (Å²) in [5, 5.41) is 3.41. The molecule has 0 amide bonds. The number of hydrogen-bond donors (Lipinski definition) is 1. The van der Waals surface area contributed by atoms with Crippen LogP contribution in [0.1, 0.15) is 5.56 Å². The number of benzene rings is 2. The van der Waals surface area contributed by atoms with Crippen LogP contribution in [0.3, 0.4) is 0 Å². The van der Waals surface area contributed by atoms with Crippen LogP contribution in [-0.2, 0) is 0 Å². The van der Waals surface area contributed by atoms with Gasteiger partial charge in [0.15, 0.2) is 0 Å². The summed E-state index contributed by atoms with van der Waals surface area (Å²) in [4.78, 5) is 4.62. The Labute approximate surface area is 108 Å². The SMILES string of the molecule is IC1=Nc2ccccc2Nc2ccccc21. The van der Waals surface area contributed by atoms with Crippen molar-refractivity contribution in [2.24, 2.45) is 4.99 Å². The number of hydrogen-bond acceptors (Lipinski definition) is 2. The average molecular weight is 320 g/mol. The first kappa shape index (κ1) is 9.84. The lowest BCUT2D eigenvalue weighted by molar-refractivity contribution is 1.51. The van der Waals surface area contributed by atoms with Crippen molar-refractivity contribution in [2.75, 3.05) is 5.32 Å². The number of aliphatic imine (C=N–C) groups is 1. The Morgan fingerprint density at radius 2 is 1.56 bits per heavy atom. The molecule has 78 valence electrons. The minimum absolute atomic E-state index is 0.989. The molecule has 1 aliphatic rings. The van der Waals surface area contributed by atoms with E-state index in [1.165, 1.54) is 0 Å². The Bertz CT molecular complexity index is 576. The molecule has 2 aromatic carbocycles. The van der Waals surface area contributed by atoms with Gasteiger partial charge in [-0.1, -0.05) is 30.3 Å². The van der Waals surface area contributed by atoms with Gasteiger partial charge in [-0.25, -0.2) is 4.99 Å². The number of nitrogens with one attached hydrogen (secondary N) is 1. The molecule has 0 atom stereocenters. The zero-order chi connectivity index (χ0) is 11.0. The van der Waals surface area contributed by atoms with E-state index < -0.39 is 0 Å². The number of rotatable bonds is 0. The molecule has 0 aliphatic carbocycles. The molecular weight excluding hydrogens is 311 g/mol. The highest BCUT2D eigenvalue weighted by molar-refractivity contribution is 14.1. The second-order valence-corrected chi connectivity index (χ2v) is 4.61. The number of fused-ring (bicyclic) bond motifs is 2. The molecule has 16 heavy (non-hydrogen) atoms. The van der Waals surface area contributed by atoms with Gasteiger partial charge in [0.25, 0.3) is 0 Å². The van der Waals surface area contributed by atoms with Crippen molar-refractivity contribution in [3.05, 3.63) is 54.1 Å². The van der Waals surface area contributed by atoms with E-state index >= 15 is 0 Å². The lowest BCUT2D eigenvalue weighted by Gasteiger charge is -2.07. The Kier molecular flexibility index (Phi) is 2.40. The van der Waals surface area contributed by atoms with E-state index in [4.69, 9.17) is 0 Å². The van der Waals surface area contributed by atoms with Crippen molar-refractivity contribution in [3.8, 4) is 0 Å². The summed E-state index contributed by atoms with van der Waals surface area (Å²) < 4.78 is 1.02. The van der Waals surface area contributed by atoms with Crippen LogP contribution in [-0.4, -0.2) is 3.72 Å². The highest BCUT2D eigenvalue weighted by Crippen LogP contribution is 2.34. The van der Waals surface area contributed by atoms with E-state index in [1.807, 2.05) is 36.4 Å². The zero-order valence-corrected chi connectivity index (χ0v) is 10.6. The van der Waals surface area contributed by atoms with Gasteiger partial charge < -0.3 is 5.32 Å². The number of anilines is 2. The Hall–Kier alpha value is -1.36. The maximum atomic E-state index is 4.62. The van der Waals surface area contributed by atoms with E-state index in [0.29, 0.717) is 0 Å². The molecule has 0 fully saturated rings. The maximum Gasteiger partial charge on any atom is 0.111 e. The van der Waals surface area contributed by atoms with E-state index in [2.05, 4.69) is 45.0 Å². The van der Waals surface area contributed by atoms with Gasteiger partial charge >= 0.3 is 0 Å². The Balaban J connectivity index is 2.25. The minimum atomic E-state index is 0.989. The fraction of sp³-hybridized carbons (Fsp3) is 0. The van der Waals surface area contributed by atoms with E-state index in [0.717, 1.165) is 26.3 Å². The molecule has 0 radical (unpaired) electrons. The number of nitrogens with zero attached hydrogens (tertiary/aromatic N) is 1. The monoisotopic (exact) mass is 320 g/mol. The van der Waals surface area contributed by atoms with Gasteiger partial charge in [-0.15, -0.1) is 0 Å². The summed E-state index contributed by atoms with van der Waals surface area (Å²) in [6.07, 6.45) is 0. The largest absolute Gasteiger partial charge is 0.353 e. The summed E-state index contributed by atoms with van der Waals surface area (Å²) in [6, 6.07) is 16.3. The van der Waals surface area contributed by atoms with Gasteiger partial charge in [0, 0.05) is 11.3 Å². The maximum absolute atomic E-state index is 4.62. The minimum Gasteiger partial charge on any atom is -0.353 e. The van der Waals surface area contributed by atoms with Crippen LogP contribution in [0.4, 0.5) is 17.1 Å². The van der Waals surface area contributed by atoms with E-state index in [-0.39, 0.29) is 0 Å². The molecule has 2 nitrogen and oxygen atoms in total. The fourth-order valence-corrected chi connectivity index (χ4v) is 2.49. The fourth-order valence-electron chi connectivity index (χ4n) is 1.76. The number of halogens is 1. The van der Waals surface area contributed by atoms with Crippen LogP contribution < -0.4 is 5.32 Å². The van der Waals surface area contributed by atoms with Crippen molar-refractivity contribution in [1.82, 2.24) is 0 Å². The molecule has 0 unspecified atom stereocenters. The van der Waals surface area contributed by atoms with Crippen molar-refractivity contribution in [2.45, 2.75) is 0 Å². The first-order valence-corrected chi connectivity index (χ1v) is 6.12. The highest BCUT2D eigenvalue weighted by atomic mass is 127. The molecule has 0 saturated carbocycles. The summed E-state index contributed by atoms with van der Waals surface area (Å²) in [6.45, 7) is 0. The van der Waals surface area contributed by atoms with Crippen LogP contribution in [0.25, 0.3) is 0 Å². The Morgan fingerprint density at radius 1 is 0.875 bits per heavy atom. The molecule has 0 bridgehead atoms. The van der Waals surface area contributed by atoms with Gasteiger partial charge in [-0.05, 0) is 40.8 Å². The van der Waals surface area contributed by atoms with Crippen LogP contribution in [0.15, 0.2) is 53.5 Å². The smallest absolute Gasteiger partial charge is 0.111 e. The average Bonchev–Trinajstić information content (AvgIpc) is 2.45. The van der Waals surface area contributed by atoms with Crippen molar-refractivity contribution >= 4 is 43.4 Å². The predicted molar refractivity (Wildman–Crippen MR) is 76.4 cm³/mol. The third kappa shape index (κ3) is 1.61. The predicted octanol–water partition coefficient (Wildman–Crippen LogP) is 4.26. The highest BCUT2D eigenvalue weighted by Gasteiger charge is 2.12. The molecule has 0 spiro atoms. The molecule has 2 aromatic rings. The second kappa shape index (κ2) is 3.90. The van der Waals surface area contributed by atoms with Gasteiger partial charge in [-0.2, -0.15) is 0 Å². The lowest BCUT2D eigenvalue weighted by Crippen LogP contribution is -1.95. The van der Waals surface area contributed by atoms with Crippen LogP contribution in [0, 0.1) is 0 Å². The molecule has 0 saturated heterocycles. The third-order valence-electron chi connectivity index (χ3n) is 2.54. The normalized spacial score (nSPS) is 12.9. The lowest BCUT2D eigenvalue weighted by atomic mass is 10.2. The van der Waals surface area contributed by atoms with Gasteiger partial charge in [0.05, 0.1) is 11.4 Å². The first-order chi connectivity index (χ1) is 7.84. The molecule has 1 heterocycles. The van der Waals surface area contributed by atoms with Crippen LogP contribution in [0.5, 0.6) is 0 Å². The molecular formula is C13H9IN2. The topological polar surface area (TPSA) is 24.4 Å². The zero-order valence-electron chi connectivity index (χ0n) is 8.44. The van der Waals surface area contributed by atoms with E-state index in [1.54, 1.807) is 0 Å². The summed E-state index contributed by atoms with van der Waals surface area (Å²) >= 11 is 2.28. The number of para-hydroxylation sites is 3. The van der Waals surface area contributed by atoms with E-state index in [9.17, 15) is 0 Å². The quantitative estimate of drug-likeness (QED) is 0.721.